The van der Waals surface area contributed by atoms with Crippen LogP contribution in [0.3, 0.4) is 0 Å². The van der Waals surface area contributed by atoms with E-state index >= 15 is 0 Å². The van der Waals surface area contributed by atoms with Gasteiger partial charge in [0.05, 0.1) is 13.1 Å². The van der Waals surface area contributed by atoms with Crippen molar-refractivity contribution in [3.05, 3.63) is 71.9 Å². The van der Waals surface area contributed by atoms with E-state index in [0.29, 0.717) is 13.1 Å². The topological polar surface area (TPSA) is 76.4 Å². The van der Waals surface area contributed by atoms with Gasteiger partial charge in [-0.1, -0.05) is 18.2 Å². The Morgan fingerprint density at radius 3 is 2.70 bits per heavy atom. The maximum absolute atomic E-state index is 5.98. The lowest BCUT2D eigenvalue weighted by Crippen LogP contribution is -2.41. The Morgan fingerprint density at radius 2 is 2.03 bits per heavy atom. The molecule has 1 unspecified atom stereocenters. The van der Waals surface area contributed by atoms with E-state index in [1.54, 1.807) is 6.20 Å². The Hall–Kier alpha value is -3.35. The number of guanidine groups is 1. The van der Waals surface area contributed by atoms with Gasteiger partial charge in [0.15, 0.2) is 5.96 Å². The molecule has 3 rings (SSSR count). The van der Waals surface area contributed by atoms with Gasteiger partial charge >= 0.3 is 0 Å². The molecule has 1 aromatic carbocycles. The third-order valence-corrected chi connectivity index (χ3v) is 4.53. The van der Waals surface area contributed by atoms with Crippen molar-refractivity contribution in [2.24, 2.45) is 4.99 Å². The lowest BCUT2D eigenvalue weighted by Gasteiger charge is -2.18. The van der Waals surface area contributed by atoms with Crippen LogP contribution in [0.4, 0.5) is 0 Å². The van der Waals surface area contributed by atoms with Gasteiger partial charge in [-0.3, -0.25) is 4.57 Å². The zero-order valence-corrected chi connectivity index (χ0v) is 18.1. The second kappa shape index (κ2) is 10.4. The number of nitrogens with zero attached hydrogens (tertiary/aromatic N) is 4. The molecule has 3 aromatic rings. The SMILES string of the molecule is CCNC(=NCc1ccc(-n2ccnc2C)nc1)NCC(C)Oc1cccc(C)c1. The van der Waals surface area contributed by atoms with E-state index in [1.807, 2.05) is 68.1 Å². The second-order valence-corrected chi connectivity index (χ2v) is 7.19. The minimum Gasteiger partial charge on any atom is -0.489 e. The average Bonchev–Trinajstić information content (AvgIpc) is 3.16. The van der Waals surface area contributed by atoms with Crippen molar-refractivity contribution in [3.63, 3.8) is 0 Å². The van der Waals surface area contributed by atoms with Crippen molar-refractivity contribution in [2.45, 2.75) is 40.3 Å². The molecule has 158 valence electrons. The maximum atomic E-state index is 5.98. The van der Waals surface area contributed by atoms with Crippen molar-refractivity contribution >= 4 is 5.96 Å². The fraction of sp³-hybridized carbons (Fsp3) is 0.348. The van der Waals surface area contributed by atoms with Crippen LogP contribution in [0.15, 0.2) is 60.0 Å². The molecule has 2 aromatic heterocycles. The van der Waals surface area contributed by atoms with E-state index < -0.39 is 0 Å². The van der Waals surface area contributed by atoms with Crippen LogP contribution >= 0.6 is 0 Å². The standard InChI is InChI=1S/C23H30N6O/c1-5-24-23(27-14-18(3)30-21-8-6-7-17(2)13-21)28-16-20-9-10-22(26-15-20)29-12-11-25-19(29)4/h6-13,15,18H,5,14,16H2,1-4H3,(H2,24,27,28). The molecule has 0 aliphatic carbocycles. The molecule has 7 nitrogen and oxygen atoms in total. The predicted molar refractivity (Wildman–Crippen MR) is 120 cm³/mol. The molecule has 2 heterocycles. The Bertz CT molecular complexity index is 964. The molecule has 0 fully saturated rings. The first-order valence-corrected chi connectivity index (χ1v) is 10.3. The molecule has 2 N–H and O–H groups in total. The average molecular weight is 407 g/mol. The molecule has 0 radical (unpaired) electrons. The van der Waals surface area contributed by atoms with Crippen LogP contribution in [0.2, 0.25) is 0 Å². The van der Waals surface area contributed by atoms with E-state index in [0.717, 1.165) is 35.5 Å². The van der Waals surface area contributed by atoms with Gasteiger partial charge in [-0.15, -0.1) is 0 Å². The first kappa shape index (κ1) is 21.4. The van der Waals surface area contributed by atoms with Gasteiger partial charge in [-0.25, -0.2) is 15.0 Å². The number of hydrogen-bond acceptors (Lipinski definition) is 4. The molecule has 1 atom stereocenters. The Morgan fingerprint density at radius 1 is 1.17 bits per heavy atom. The van der Waals surface area contributed by atoms with Crippen LogP contribution in [0.5, 0.6) is 5.75 Å². The largest absolute Gasteiger partial charge is 0.489 e. The number of ether oxygens (including phenoxy) is 1. The summed E-state index contributed by atoms with van der Waals surface area (Å²) in [7, 11) is 0. The number of hydrogen-bond donors (Lipinski definition) is 2. The monoisotopic (exact) mass is 406 g/mol. The molecule has 0 saturated heterocycles. The molecule has 7 heteroatoms. The highest BCUT2D eigenvalue weighted by Gasteiger charge is 2.07. The van der Waals surface area contributed by atoms with E-state index in [4.69, 9.17) is 4.74 Å². The summed E-state index contributed by atoms with van der Waals surface area (Å²) in [6, 6.07) is 12.1. The molecule has 0 amide bonds. The molecule has 0 saturated carbocycles. The van der Waals surface area contributed by atoms with E-state index in [2.05, 4.69) is 38.6 Å². The van der Waals surface area contributed by atoms with Crippen molar-refractivity contribution in [1.82, 2.24) is 25.2 Å². The molecule has 0 spiro atoms. The van der Waals surface area contributed by atoms with E-state index in [9.17, 15) is 0 Å². The quantitative estimate of drug-likeness (QED) is 0.443. The number of nitrogens with one attached hydrogen (secondary N) is 2. The number of aryl methyl sites for hydroxylation is 2. The lowest BCUT2D eigenvalue weighted by atomic mass is 10.2. The predicted octanol–water partition coefficient (Wildman–Crippen LogP) is 3.41. The highest BCUT2D eigenvalue weighted by atomic mass is 16.5. The van der Waals surface area contributed by atoms with Gasteiger partial charge in [0.2, 0.25) is 0 Å². The molecule has 0 aliphatic rings. The van der Waals surface area contributed by atoms with Crippen LogP contribution in [0.1, 0.15) is 30.8 Å². The number of pyridine rings is 1. The minimum absolute atomic E-state index is 0.00928. The van der Waals surface area contributed by atoms with Gasteiger partial charge in [-0.2, -0.15) is 0 Å². The fourth-order valence-corrected chi connectivity index (χ4v) is 2.99. The van der Waals surface area contributed by atoms with Gasteiger partial charge in [-0.05, 0) is 57.0 Å². The number of benzene rings is 1. The van der Waals surface area contributed by atoms with Crippen molar-refractivity contribution in [3.8, 4) is 11.6 Å². The summed E-state index contributed by atoms with van der Waals surface area (Å²) in [4.78, 5) is 13.4. The highest BCUT2D eigenvalue weighted by Crippen LogP contribution is 2.14. The second-order valence-electron chi connectivity index (χ2n) is 7.19. The summed E-state index contributed by atoms with van der Waals surface area (Å²) >= 11 is 0. The van der Waals surface area contributed by atoms with Gasteiger partial charge in [0, 0.05) is 25.1 Å². The number of imidazole rings is 1. The third-order valence-electron chi connectivity index (χ3n) is 4.53. The number of aromatic nitrogens is 3. The summed E-state index contributed by atoms with van der Waals surface area (Å²) in [6.45, 7) is 10.1. The lowest BCUT2D eigenvalue weighted by molar-refractivity contribution is 0.223. The minimum atomic E-state index is 0.00928. The third kappa shape index (κ3) is 6.07. The zero-order chi connectivity index (χ0) is 21.3. The van der Waals surface area contributed by atoms with Gasteiger partial charge < -0.3 is 15.4 Å². The summed E-state index contributed by atoms with van der Waals surface area (Å²) in [5, 5.41) is 6.62. The molecule has 0 bridgehead atoms. The normalized spacial score (nSPS) is 12.5. The fourth-order valence-electron chi connectivity index (χ4n) is 2.99. The van der Waals surface area contributed by atoms with Crippen LogP contribution in [0.25, 0.3) is 5.82 Å². The van der Waals surface area contributed by atoms with Crippen molar-refractivity contribution in [2.75, 3.05) is 13.1 Å². The van der Waals surface area contributed by atoms with Gasteiger partial charge in [0.25, 0.3) is 0 Å². The smallest absolute Gasteiger partial charge is 0.191 e. The van der Waals surface area contributed by atoms with Crippen molar-refractivity contribution in [1.29, 1.82) is 0 Å². The number of rotatable bonds is 8. The summed E-state index contributed by atoms with van der Waals surface area (Å²) in [5.74, 6) is 3.40. The summed E-state index contributed by atoms with van der Waals surface area (Å²) in [5.41, 5.74) is 2.23. The summed E-state index contributed by atoms with van der Waals surface area (Å²) in [6.07, 6.45) is 5.54. The highest BCUT2D eigenvalue weighted by molar-refractivity contribution is 5.79. The Kier molecular flexibility index (Phi) is 7.43. The maximum Gasteiger partial charge on any atom is 0.191 e. The van der Waals surface area contributed by atoms with Crippen LogP contribution in [-0.2, 0) is 6.54 Å². The van der Waals surface area contributed by atoms with Crippen LogP contribution < -0.4 is 15.4 Å². The molecular weight excluding hydrogens is 376 g/mol. The Balaban J connectivity index is 1.55. The molecule has 0 aliphatic heterocycles. The van der Waals surface area contributed by atoms with Crippen LogP contribution in [0, 0.1) is 13.8 Å². The van der Waals surface area contributed by atoms with E-state index in [1.165, 1.54) is 5.56 Å². The van der Waals surface area contributed by atoms with Crippen LogP contribution in [-0.4, -0.2) is 39.7 Å². The summed E-state index contributed by atoms with van der Waals surface area (Å²) < 4.78 is 7.93. The zero-order valence-electron chi connectivity index (χ0n) is 18.1. The molecule has 30 heavy (non-hydrogen) atoms. The van der Waals surface area contributed by atoms with Gasteiger partial charge in [0.1, 0.15) is 23.5 Å². The first-order chi connectivity index (χ1) is 14.5. The first-order valence-electron chi connectivity index (χ1n) is 10.3. The number of aliphatic imine (C=N–C) groups is 1. The van der Waals surface area contributed by atoms with E-state index in [-0.39, 0.29) is 6.10 Å². The van der Waals surface area contributed by atoms with Crippen molar-refractivity contribution < 1.29 is 4.74 Å². The molecular formula is C23H30N6O. The Labute approximate surface area is 178 Å².